The smallest absolute Gasteiger partial charge is 0.305 e. The van der Waals surface area contributed by atoms with Crippen LogP contribution >= 0.6 is 0 Å². The molecule has 2 atom stereocenters. The maximum Gasteiger partial charge on any atom is 0.305 e. The number of ether oxygens (including phenoxy) is 1. The van der Waals surface area contributed by atoms with Gasteiger partial charge in [0, 0.05) is 12.8 Å². The van der Waals surface area contributed by atoms with E-state index >= 15 is 0 Å². The number of amides is 1. The van der Waals surface area contributed by atoms with Crippen molar-refractivity contribution >= 4 is 11.9 Å². The van der Waals surface area contributed by atoms with E-state index in [9.17, 15) is 19.8 Å². The van der Waals surface area contributed by atoms with Gasteiger partial charge in [-0.05, 0) is 51.4 Å². The molecule has 0 radical (unpaired) electrons. The molecule has 332 valence electrons. The molecule has 1 amide bonds. The average Bonchev–Trinajstić information content (AvgIpc) is 3.20. The zero-order valence-corrected chi connectivity index (χ0v) is 37.6. The molecule has 0 fully saturated rings. The fourth-order valence-corrected chi connectivity index (χ4v) is 7.69. The molecule has 0 rings (SSSR count). The van der Waals surface area contributed by atoms with Gasteiger partial charge in [-0.1, -0.05) is 219 Å². The Kier molecular flexibility index (Phi) is 45.1. The first-order valence-corrected chi connectivity index (χ1v) is 24.9. The molecule has 6 heteroatoms. The second kappa shape index (κ2) is 46.3. The predicted molar refractivity (Wildman–Crippen MR) is 241 cm³/mol. The van der Waals surface area contributed by atoms with Gasteiger partial charge in [0.2, 0.25) is 5.91 Å². The minimum atomic E-state index is -0.671. The lowest BCUT2D eigenvalue weighted by Crippen LogP contribution is -2.45. The Bertz CT molecular complexity index is 832. The van der Waals surface area contributed by atoms with Gasteiger partial charge in [-0.3, -0.25) is 9.59 Å². The number of rotatable bonds is 46. The maximum absolute atomic E-state index is 12.4. The van der Waals surface area contributed by atoms with Crippen molar-refractivity contribution in [3.8, 4) is 0 Å². The fraction of sp³-hybridized carbons (Fsp3) is 0.920. The lowest BCUT2D eigenvalue weighted by Gasteiger charge is -2.22. The number of hydrogen-bond donors (Lipinski definition) is 3. The average molecular weight is 792 g/mol. The van der Waals surface area contributed by atoms with E-state index in [0.717, 1.165) is 64.2 Å². The molecular weight excluding hydrogens is 695 g/mol. The number of hydrogen-bond acceptors (Lipinski definition) is 5. The highest BCUT2D eigenvalue weighted by Crippen LogP contribution is 2.16. The molecule has 3 N–H and O–H groups in total. The lowest BCUT2D eigenvalue weighted by atomic mass is 10.0. The standard InChI is InChI=1S/C50H97NO5/c1-3-5-7-9-11-13-15-20-24-28-32-36-40-44-50(55)56-45-41-37-33-29-25-22-19-17-16-18-21-23-27-31-35-39-43-49(54)51-47(46-52)48(53)42-38-34-30-26-14-12-10-8-6-4-2/h16,18,47-48,52-53H,3-15,17,19-46H2,1-2H3,(H,51,54)/b18-16-. The van der Waals surface area contributed by atoms with Crippen LogP contribution in [0.5, 0.6) is 0 Å². The number of esters is 1. The Morgan fingerprint density at radius 3 is 1.27 bits per heavy atom. The van der Waals surface area contributed by atoms with E-state index in [4.69, 9.17) is 4.74 Å². The highest BCUT2D eigenvalue weighted by molar-refractivity contribution is 5.76. The third-order valence-electron chi connectivity index (χ3n) is 11.6. The first kappa shape index (κ1) is 54.6. The summed E-state index contributed by atoms with van der Waals surface area (Å²) in [6.45, 7) is 4.91. The van der Waals surface area contributed by atoms with Gasteiger partial charge in [0.1, 0.15) is 0 Å². The van der Waals surface area contributed by atoms with Crippen molar-refractivity contribution in [1.29, 1.82) is 0 Å². The number of nitrogens with one attached hydrogen (secondary N) is 1. The van der Waals surface area contributed by atoms with Gasteiger partial charge in [-0.2, -0.15) is 0 Å². The van der Waals surface area contributed by atoms with Crippen LogP contribution in [0, 0.1) is 0 Å². The highest BCUT2D eigenvalue weighted by Gasteiger charge is 2.20. The van der Waals surface area contributed by atoms with Gasteiger partial charge in [-0.25, -0.2) is 0 Å². The summed E-state index contributed by atoms with van der Waals surface area (Å²) in [5.74, 6) is -0.0551. The van der Waals surface area contributed by atoms with Gasteiger partial charge >= 0.3 is 5.97 Å². The number of unbranched alkanes of at least 4 members (excludes halogenated alkanes) is 33. The van der Waals surface area contributed by atoms with E-state index in [1.807, 2.05) is 0 Å². The number of allylic oxidation sites excluding steroid dienone is 2. The van der Waals surface area contributed by atoms with Crippen molar-refractivity contribution in [2.75, 3.05) is 13.2 Å². The summed E-state index contributed by atoms with van der Waals surface area (Å²) in [5, 5.41) is 23.1. The number of carbonyl (C=O) groups excluding carboxylic acids is 2. The Morgan fingerprint density at radius 2 is 0.839 bits per heavy atom. The van der Waals surface area contributed by atoms with E-state index in [-0.39, 0.29) is 18.5 Å². The Labute approximate surface area is 349 Å². The van der Waals surface area contributed by atoms with E-state index in [1.165, 1.54) is 173 Å². The molecule has 0 aromatic carbocycles. The van der Waals surface area contributed by atoms with Crippen molar-refractivity contribution in [3.63, 3.8) is 0 Å². The summed E-state index contributed by atoms with van der Waals surface area (Å²) in [7, 11) is 0. The van der Waals surface area contributed by atoms with Crippen LogP contribution in [0.15, 0.2) is 12.2 Å². The van der Waals surface area contributed by atoms with Crippen LogP contribution in [0.1, 0.15) is 271 Å². The second-order valence-electron chi connectivity index (χ2n) is 17.1. The zero-order valence-electron chi connectivity index (χ0n) is 37.6. The molecular formula is C50H97NO5. The SMILES string of the molecule is CCCCCCCCCCCCCCCC(=O)OCCCCCCCCC/C=C\CCCCCCCC(=O)NC(CO)C(O)CCCCCCCCCCCC. The van der Waals surface area contributed by atoms with Gasteiger partial charge in [0.25, 0.3) is 0 Å². The van der Waals surface area contributed by atoms with Gasteiger partial charge < -0.3 is 20.3 Å². The fourth-order valence-electron chi connectivity index (χ4n) is 7.69. The molecule has 0 aliphatic heterocycles. The van der Waals surface area contributed by atoms with Gasteiger partial charge in [0.05, 0.1) is 25.4 Å². The van der Waals surface area contributed by atoms with Crippen LogP contribution in [0.2, 0.25) is 0 Å². The molecule has 56 heavy (non-hydrogen) atoms. The molecule has 0 heterocycles. The first-order chi connectivity index (χ1) is 27.5. The topological polar surface area (TPSA) is 95.9 Å². The molecule has 0 aromatic rings. The van der Waals surface area contributed by atoms with Crippen LogP contribution in [-0.2, 0) is 14.3 Å². The molecule has 2 unspecified atom stereocenters. The maximum atomic E-state index is 12.4. The molecule has 0 aromatic heterocycles. The molecule has 0 saturated heterocycles. The quantitative estimate of drug-likeness (QED) is 0.0324. The van der Waals surface area contributed by atoms with Crippen molar-refractivity contribution < 1.29 is 24.5 Å². The third kappa shape index (κ3) is 42.2. The summed E-state index contributed by atoms with van der Waals surface area (Å²) in [6.07, 6.45) is 51.8. The summed E-state index contributed by atoms with van der Waals surface area (Å²) in [5.41, 5.74) is 0. The molecule has 6 nitrogen and oxygen atoms in total. The van der Waals surface area contributed by atoms with Crippen molar-refractivity contribution in [1.82, 2.24) is 5.32 Å². The van der Waals surface area contributed by atoms with Gasteiger partial charge in [-0.15, -0.1) is 0 Å². The highest BCUT2D eigenvalue weighted by atomic mass is 16.5. The van der Waals surface area contributed by atoms with Crippen molar-refractivity contribution in [3.05, 3.63) is 12.2 Å². The van der Waals surface area contributed by atoms with E-state index in [1.54, 1.807) is 0 Å². The number of aliphatic hydroxyl groups is 2. The Balaban J connectivity index is 3.44. The number of carbonyl (C=O) groups is 2. The Morgan fingerprint density at radius 1 is 0.482 bits per heavy atom. The van der Waals surface area contributed by atoms with E-state index < -0.39 is 12.1 Å². The molecule has 0 saturated carbocycles. The zero-order chi connectivity index (χ0) is 40.8. The van der Waals surface area contributed by atoms with Gasteiger partial charge in [0.15, 0.2) is 0 Å². The molecule has 0 bridgehead atoms. The largest absolute Gasteiger partial charge is 0.466 e. The second-order valence-corrected chi connectivity index (χ2v) is 17.1. The van der Waals surface area contributed by atoms with Crippen LogP contribution in [0.4, 0.5) is 0 Å². The summed E-state index contributed by atoms with van der Waals surface area (Å²) in [4.78, 5) is 24.4. The van der Waals surface area contributed by atoms with E-state index in [2.05, 4.69) is 31.3 Å². The van der Waals surface area contributed by atoms with E-state index in [0.29, 0.717) is 25.9 Å². The third-order valence-corrected chi connectivity index (χ3v) is 11.6. The Hall–Kier alpha value is -1.40. The van der Waals surface area contributed by atoms with Crippen LogP contribution in [-0.4, -0.2) is 47.4 Å². The predicted octanol–water partition coefficient (Wildman–Crippen LogP) is 14.6. The van der Waals surface area contributed by atoms with Crippen molar-refractivity contribution in [2.24, 2.45) is 0 Å². The monoisotopic (exact) mass is 792 g/mol. The van der Waals surface area contributed by atoms with Crippen molar-refractivity contribution in [2.45, 2.75) is 283 Å². The lowest BCUT2D eigenvalue weighted by molar-refractivity contribution is -0.143. The minimum Gasteiger partial charge on any atom is -0.466 e. The first-order valence-electron chi connectivity index (χ1n) is 24.9. The molecule has 0 spiro atoms. The summed E-state index contributed by atoms with van der Waals surface area (Å²) >= 11 is 0. The normalized spacial score (nSPS) is 12.7. The molecule has 0 aliphatic rings. The van der Waals surface area contributed by atoms with Crippen LogP contribution in [0.25, 0.3) is 0 Å². The minimum absolute atomic E-state index is 0.00156. The number of aliphatic hydroxyl groups excluding tert-OH is 2. The van der Waals surface area contributed by atoms with Crippen LogP contribution in [0.3, 0.4) is 0 Å². The summed E-state index contributed by atoms with van der Waals surface area (Å²) in [6, 6.07) is -0.550. The van der Waals surface area contributed by atoms with Crippen LogP contribution < -0.4 is 5.32 Å². The molecule has 0 aliphatic carbocycles. The summed E-state index contributed by atoms with van der Waals surface area (Å²) < 4.78 is 5.45.